The zero-order chi connectivity index (χ0) is 11.5. The van der Waals surface area contributed by atoms with Crippen LogP contribution in [0.3, 0.4) is 0 Å². The molecule has 4 heteroatoms. The highest BCUT2D eigenvalue weighted by molar-refractivity contribution is 5.88. The van der Waals surface area contributed by atoms with Gasteiger partial charge in [0.2, 0.25) is 0 Å². The molecule has 84 valence electrons. The first-order chi connectivity index (χ1) is 7.66. The molecule has 0 bridgehead atoms. The van der Waals surface area contributed by atoms with Crippen molar-refractivity contribution in [3.63, 3.8) is 0 Å². The van der Waals surface area contributed by atoms with E-state index in [-0.39, 0.29) is 0 Å². The van der Waals surface area contributed by atoms with Gasteiger partial charge in [-0.15, -0.1) is 0 Å². The zero-order valence-corrected chi connectivity index (χ0v) is 9.54. The smallest absolute Gasteiger partial charge is 0.0672 e. The number of nitrogens with one attached hydrogen (secondary N) is 2. The van der Waals surface area contributed by atoms with E-state index in [0.717, 1.165) is 28.8 Å². The fraction of sp³-hybridized carbons (Fsp3) is 0.250. The summed E-state index contributed by atoms with van der Waals surface area (Å²) >= 11 is 0. The Bertz CT molecular complexity index is 521. The molecule has 4 nitrogen and oxygen atoms in total. The molecule has 2 aromatic rings. The Labute approximate surface area is 94.5 Å². The molecule has 0 fully saturated rings. The van der Waals surface area contributed by atoms with Crippen LogP contribution in [-0.4, -0.2) is 16.7 Å². The number of fused-ring (bicyclic) bond motifs is 1. The lowest BCUT2D eigenvalue weighted by atomic mass is 10.2. The first-order valence-corrected chi connectivity index (χ1v) is 5.26. The summed E-state index contributed by atoms with van der Waals surface area (Å²) in [7, 11) is 0. The second-order valence-electron chi connectivity index (χ2n) is 4.06. The zero-order valence-electron chi connectivity index (χ0n) is 9.54. The van der Waals surface area contributed by atoms with E-state index < -0.39 is 0 Å². The fourth-order valence-corrected chi connectivity index (χ4v) is 1.53. The normalized spacial score (nSPS) is 10.4. The number of nitrogens with two attached hydrogens (primary N) is 1. The second-order valence-corrected chi connectivity index (χ2v) is 4.06. The van der Waals surface area contributed by atoms with Crippen LogP contribution in [-0.2, 0) is 0 Å². The lowest BCUT2D eigenvalue weighted by Gasteiger charge is -2.07. The lowest BCUT2D eigenvalue weighted by Crippen LogP contribution is -2.02. The van der Waals surface area contributed by atoms with Gasteiger partial charge in [0.15, 0.2) is 0 Å². The van der Waals surface area contributed by atoms with Crippen LogP contribution in [0.5, 0.6) is 0 Å². The number of benzene rings is 1. The Balaban J connectivity index is 2.22. The molecule has 1 heterocycles. The van der Waals surface area contributed by atoms with Crippen molar-refractivity contribution < 1.29 is 0 Å². The molecule has 16 heavy (non-hydrogen) atoms. The molecule has 0 radical (unpaired) electrons. The van der Waals surface area contributed by atoms with E-state index in [9.17, 15) is 0 Å². The molecule has 1 aromatic carbocycles. The van der Waals surface area contributed by atoms with Crippen LogP contribution < -0.4 is 11.1 Å². The van der Waals surface area contributed by atoms with Crippen LogP contribution in [0.25, 0.3) is 10.9 Å². The third kappa shape index (κ3) is 2.16. The molecule has 0 unspecified atom stereocenters. The summed E-state index contributed by atoms with van der Waals surface area (Å²) in [5.74, 6) is 0. The number of hydrogen-bond acceptors (Lipinski definition) is 3. The molecule has 0 aliphatic heterocycles. The Kier molecular flexibility index (Phi) is 2.81. The number of nitrogen functional groups attached to an aromatic ring is 1. The van der Waals surface area contributed by atoms with Crippen LogP contribution in [0, 0.1) is 0 Å². The highest BCUT2D eigenvalue weighted by atomic mass is 15.1. The summed E-state index contributed by atoms with van der Waals surface area (Å²) < 4.78 is 0. The van der Waals surface area contributed by atoms with Gasteiger partial charge in [-0.1, -0.05) is 11.6 Å². The minimum atomic E-state index is 0.746. The van der Waals surface area contributed by atoms with Crippen molar-refractivity contribution in [1.82, 2.24) is 10.2 Å². The summed E-state index contributed by atoms with van der Waals surface area (Å²) in [6.07, 6.45) is 3.89. The number of aromatic amines is 1. The molecule has 0 spiro atoms. The van der Waals surface area contributed by atoms with E-state index in [1.54, 1.807) is 6.20 Å². The first kappa shape index (κ1) is 10.5. The Hall–Kier alpha value is -1.97. The quantitative estimate of drug-likeness (QED) is 0.545. The maximum Gasteiger partial charge on any atom is 0.0672 e. The Morgan fingerprint density at radius 2 is 2.31 bits per heavy atom. The largest absolute Gasteiger partial charge is 0.397 e. The molecule has 0 atom stereocenters. The summed E-state index contributed by atoms with van der Waals surface area (Å²) in [5, 5.41) is 11.2. The summed E-state index contributed by atoms with van der Waals surface area (Å²) in [4.78, 5) is 0. The first-order valence-electron chi connectivity index (χ1n) is 5.26. The van der Waals surface area contributed by atoms with Crippen molar-refractivity contribution in [2.24, 2.45) is 0 Å². The monoisotopic (exact) mass is 216 g/mol. The van der Waals surface area contributed by atoms with E-state index >= 15 is 0 Å². The maximum absolute atomic E-state index is 5.94. The average molecular weight is 216 g/mol. The molecule has 4 N–H and O–H groups in total. The number of H-pyrrole nitrogens is 1. The average Bonchev–Trinajstić information content (AvgIpc) is 2.64. The van der Waals surface area contributed by atoms with Crippen LogP contribution in [0.1, 0.15) is 13.8 Å². The van der Waals surface area contributed by atoms with Gasteiger partial charge in [0.1, 0.15) is 0 Å². The SMILES string of the molecule is CC(C)=CCNc1cc2[nH]ncc2cc1N. The molecule has 0 saturated heterocycles. The van der Waals surface area contributed by atoms with Crippen LogP contribution in [0.2, 0.25) is 0 Å². The van der Waals surface area contributed by atoms with E-state index in [2.05, 4.69) is 35.4 Å². The van der Waals surface area contributed by atoms with E-state index in [1.165, 1.54) is 5.57 Å². The highest BCUT2D eigenvalue weighted by Crippen LogP contribution is 2.24. The van der Waals surface area contributed by atoms with Gasteiger partial charge >= 0.3 is 0 Å². The van der Waals surface area contributed by atoms with Crippen LogP contribution >= 0.6 is 0 Å². The third-order valence-corrected chi connectivity index (χ3v) is 2.41. The van der Waals surface area contributed by atoms with Gasteiger partial charge in [-0.05, 0) is 26.0 Å². The molecule has 2 rings (SSSR count). The van der Waals surface area contributed by atoms with Crippen molar-refractivity contribution >= 4 is 22.3 Å². The standard InChI is InChI=1S/C12H16N4/c1-8(2)3-4-14-12-6-11-9(5-10(12)13)7-15-16-11/h3,5-7,14H,4,13H2,1-2H3,(H,15,16). The minimum absolute atomic E-state index is 0.746. The number of rotatable bonds is 3. The van der Waals surface area contributed by atoms with Gasteiger partial charge in [0.05, 0.1) is 23.1 Å². The molecule has 1 aromatic heterocycles. The van der Waals surface area contributed by atoms with E-state index in [4.69, 9.17) is 5.73 Å². The van der Waals surface area contributed by atoms with Gasteiger partial charge in [-0.3, -0.25) is 5.10 Å². The number of nitrogens with zero attached hydrogens (tertiary/aromatic N) is 1. The Morgan fingerprint density at radius 3 is 3.06 bits per heavy atom. The van der Waals surface area contributed by atoms with Crippen molar-refractivity contribution in [2.45, 2.75) is 13.8 Å². The minimum Gasteiger partial charge on any atom is -0.397 e. The van der Waals surface area contributed by atoms with Gasteiger partial charge in [0, 0.05) is 11.9 Å². The van der Waals surface area contributed by atoms with Crippen molar-refractivity contribution in [3.05, 3.63) is 30.0 Å². The van der Waals surface area contributed by atoms with Gasteiger partial charge in [-0.2, -0.15) is 5.10 Å². The molecule has 0 aliphatic carbocycles. The van der Waals surface area contributed by atoms with Gasteiger partial charge in [0.25, 0.3) is 0 Å². The van der Waals surface area contributed by atoms with Crippen LogP contribution in [0.15, 0.2) is 30.0 Å². The molecule has 0 amide bonds. The molecular formula is C12H16N4. The maximum atomic E-state index is 5.94. The van der Waals surface area contributed by atoms with Crippen LogP contribution in [0.4, 0.5) is 11.4 Å². The topological polar surface area (TPSA) is 66.7 Å². The predicted octanol–water partition coefficient (Wildman–Crippen LogP) is 2.52. The Morgan fingerprint density at radius 1 is 1.50 bits per heavy atom. The molecular weight excluding hydrogens is 200 g/mol. The highest BCUT2D eigenvalue weighted by Gasteiger charge is 2.02. The van der Waals surface area contributed by atoms with Gasteiger partial charge < -0.3 is 11.1 Å². The number of anilines is 2. The van der Waals surface area contributed by atoms with Gasteiger partial charge in [-0.25, -0.2) is 0 Å². The molecule has 0 aliphatic rings. The number of allylic oxidation sites excluding steroid dienone is 1. The number of hydrogen-bond donors (Lipinski definition) is 3. The third-order valence-electron chi connectivity index (χ3n) is 2.41. The van der Waals surface area contributed by atoms with E-state index in [0.29, 0.717) is 0 Å². The fourth-order valence-electron chi connectivity index (χ4n) is 1.53. The summed E-state index contributed by atoms with van der Waals surface area (Å²) in [5.41, 5.74) is 9.90. The lowest BCUT2D eigenvalue weighted by molar-refractivity contribution is 1.12. The predicted molar refractivity (Wildman–Crippen MR) is 68.4 cm³/mol. The second kappa shape index (κ2) is 4.26. The summed E-state index contributed by atoms with van der Waals surface area (Å²) in [6.45, 7) is 4.93. The number of aromatic nitrogens is 2. The van der Waals surface area contributed by atoms with Crippen molar-refractivity contribution in [1.29, 1.82) is 0 Å². The van der Waals surface area contributed by atoms with Crippen molar-refractivity contribution in [2.75, 3.05) is 17.6 Å². The van der Waals surface area contributed by atoms with Crippen molar-refractivity contribution in [3.8, 4) is 0 Å². The van der Waals surface area contributed by atoms with E-state index in [1.807, 2.05) is 12.1 Å². The molecule has 0 saturated carbocycles. The summed E-state index contributed by atoms with van der Waals surface area (Å²) in [6, 6.07) is 3.90.